The minimum Gasteiger partial charge on any atom is -0.123 e. The molecule has 0 aromatic rings. The van der Waals surface area contributed by atoms with Gasteiger partial charge in [-0.1, -0.05) is 26.7 Å². The Kier molecular flexibility index (Phi) is 2.62. The van der Waals surface area contributed by atoms with E-state index in [2.05, 4.69) is 13.8 Å². The van der Waals surface area contributed by atoms with Crippen molar-refractivity contribution in [2.75, 3.05) is 0 Å². The lowest BCUT2D eigenvalue weighted by molar-refractivity contribution is 0.211. The van der Waals surface area contributed by atoms with Crippen molar-refractivity contribution in [1.29, 1.82) is 0 Å². The van der Waals surface area contributed by atoms with E-state index < -0.39 is 0 Å². The Hall–Kier alpha value is 0.290. The van der Waals surface area contributed by atoms with Gasteiger partial charge in [0.15, 0.2) is 0 Å². The summed E-state index contributed by atoms with van der Waals surface area (Å²) in [5, 5.41) is 0.457. The van der Waals surface area contributed by atoms with Gasteiger partial charge < -0.3 is 0 Å². The van der Waals surface area contributed by atoms with E-state index in [9.17, 15) is 0 Å². The largest absolute Gasteiger partial charge is 0.123 e. The van der Waals surface area contributed by atoms with Crippen LogP contribution in [0.15, 0.2) is 0 Å². The maximum Gasteiger partial charge on any atom is 0.0341 e. The van der Waals surface area contributed by atoms with E-state index >= 15 is 0 Å². The lowest BCUT2D eigenvalue weighted by atomic mass is 9.74. The molecule has 1 saturated carbocycles. The summed E-state index contributed by atoms with van der Waals surface area (Å²) in [7, 11) is 0. The van der Waals surface area contributed by atoms with Gasteiger partial charge in [0.2, 0.25) is 0 Å². The van der Waals surface area contributed by atoms with E-state index in [0.717, 1.165) is 0 Å². The van der Waals surface area contributed by atoms with Crippen LogP contribution in [-0.4, -0.2) is 5.38 Å². The quantitative estimate of drug-likeness (QED) is 0.515. The fraction of sp³-hybridized carbons (Fsp3) is 1.00. The molecule has 10 heavy (non-hydrogen) atoms. The molecule has 0 spiro atoms. The maximum atomic E-state index is 6.08. The van der Waals surface area contributed by atoms with E-state index in [1.807, 2.05) is 0 Å². The van der Waals surface area contributed by atoms with Crippen LogP contribution in [-0.2, 0) is 0 Å². The van der Waals surface area contributed by atoms with Gasteiger partial charge in [-0.05, 0) is 24.7 Å². The van der Waals surface area contributed by atoms with Crippen molar-refractivity contribution in [2.24, 2.45) is 5.41 Å². The van der Waals surface area contributed by atoms with Crippen LogP contribution in [0.3, 0.4) is 0 Å². The van der Waals surface area contributed by atoms with Gasteiger partial charge in [0.05, 0.1) is 0 Å². The second kappa shape index (κ2) is 3.13. The van der Waals surface area contributed by atoms with Gasteiger partial charge in [-0.15, -0.1) is 11.6 Å². The molecular formula is C9H17Cl. The van der Waals surface area contributed by atoms with Crippen molar-refractivity contribution >= 4 is 11.6 Å². The second-order valence-corrected chi connectivity index (χ2v) is 4.48. The van der Waals surface area contributed by atoms with Crippen molar-refractivity contribution in [2.45, 2.75) is 51.3 Å². The van der Waals surface area contributed by atoms with Crippen LogP contribution in [0.25, 0.3) is 0 Å². The third-order valence-electron chi connectivity index (χ3n) is 2.87. The summed E-state index contributed by atoms with van der Waals surface area (Å²) in [6, 6.07) is 0. The van der Waals surface area contributed by atoms with Crippen LogP contribution >= 0.6 is 11.6 Å². The average Bonchev–Trinajstić information content (AvgIpc) is 1.88. The number of hydrogen-bond donors (Lipinski definition) is 0. The highest BCUT2D eigenvalue weighted by Gasteiger charge is 2.29. The molecule has 0 nitrogen and oxygen atoms in total. The van der Waals surface area contributed by atoms with Gasteiger partial charge in [0, 0.05) is 5.38 Å². The van der Waals surface area contributed by atoms with Crippen LogP contribution in [0.4, 0.5) is 0 Å². The Bertz CT molecular complexity index is 111. The van der Waals surface area contributed by atoms with E-state index in [1.54, 1.807) is 0 Å². The zero-order valence-corrected chi connectivity index (χ0v) is 7.75. The highest BCUT2D eigenvalue weighted by atomic mass is 35.5. The molecule has 0 amide bonds. The predicted molar refractivity (Wildman–Crippen MR) is 46.5 cm³/mol. The first kappa shape index (κ1) is 8.39. The van der Waals surface area contributed by atoms with Gasteiger partial charge in [-0.25, -0.2) is 0 Å². The Morgan fingerprint density at radius 3 is 2.70 bits per heavy atom. The molecule has 1 aliphatic rings. The first-order valence-corrected chi connectivity index (χ1v) is 4.74. The van der Waals surface area contributed by atoms with Crippen LogP contribution in [0.1, 0.15) is 46.0 Å². The number of rotatable bonds is 1. The third-order valence-corrected chi connectivity index (χ3v) is 3.24. The minimum absolute atomic E-state index is 0.457. The van der Waals surface area contributed by atoms with Crippen LogP contribution < -0.4 is 0 Å². The molecule has 0 bridgehead atoms. The van der Waals surface area contributed by atoms with Crippen molar-refractivity contribution < 1.29 is 0 Å². The van der Waals surface area contributed by atoms with E-state index in [4.69, 9.17) is 11.6 Å². The molecule has 0 aromatic heterocycles. The summed E-state index contributed by atoms with van der Waals surface area (Å²) in [5.41, 5.74) is 0.560. The van der Waals surface area contributed by atoms with Gasteiger partial charge >= 0.3 is 0 Å². The van der Waals surface area contributed by atoms with E-state index in [0.29, 0.717) is 10.8 Å². The normalized spacial score (nSPS) is 41.7. The van der Waals surface area contributed by atoms with Gasteiger partial charge in [-0.3, -0.25) is 0 Å². The molecule has 0 radical (unpaired) electrons. The summed E-state index contributed by atoms with van der Waals surface area (Å²) in [5.74, 6) is 0. The van der Waals surface area contributed by atoms with E-state index in [-0.39, 0.29) is 0 Å². The average molecular weight is 161 g/mol. The summed E-state index contributed by atoms with van der Waals surface area (Å²) < 4.78 is 0. The smallest absolute Gasteiger partial charge is 0.0341 e. The molecule has 0 aliphatic heterocycles. The van der Waals surface area contributed by atoms with Crippen molar-refractivity contribution in [3.05, 3.63) is 0 Å². The van der Waals surface area contributed by atoms with Crippen molar-refractivity contribution in [3.8, 4) is 0 Å². The second-order valence-electron chi connectivity index (χ2n) is 3.86. The zero-order chi connectivity index (χ0) is 7.61. The molecular weight excluding hydrogens is 144 g/mol. The van der Waals surface area contributed by atoms with Crippen molar-refractivity contribution in [1.82, 2.24) is 0 Å². The Balaban J connectivity index is 2.45. The maximum absolute atomic E-state index is 6.08. The van der Waals surface area contributed by atoms with Crippen LogP contribution in [0.2, 0.25) is 0 Å². The zero-order valence-electron chi connectivity index (χ0n) is 6.99. The van der Waals surface area contributed by atoms with Gasteiger partial charge in [-0.2, -0.15) is 0 Å². The highest BCUT2D eigenvalue weighted by Crippen LogP contribution is 2.40. The fourth-order valence-electron chi connectivity index (χ4n) is 1.81. The molecule has 1 fully saturated rings. The molecule has 1 rings (SSSR count). The Morgan fingerprint density at radius 2 is 2.30 bits per heavy atom. The fourth-order valence-corrected chi connectivity index (χ4v) is 2.34. The Morgan fingerprint density at radius 1 is 1.60 bits per heavy atom. The summed E-state index contributed by atoms with van der Waals surface area (Å²) >= 11 is 6.08. The van der Waals surface area contributed by atoms with Crippen LogP contribution in [0.5, 0.6) is 0 Å². The van der Waals surface area contributed by atoms with E-state index in [1.165, 1.54) is 32.1 Å². The molecule has 0 N–H and O–H groups in total. The highest BCUT2D eigenvalue weighted by molar-refractivity contribution is 6.20. The molecule has 2 unspecified atom stereocenters. The summed E-state index contributed by atoms with van der Waals surface area (Å²) in [6.45, 7) is 4.64. The standard InChI is InChI=1S/C9H17Cl/c1-3-9(2)6-4-5-8(10)7-9/h8H,3-7H2,1-2H3. The number of halogens is 1. The third kappa shape index (κ3) is 1.88. The molecule has 0 heterocycles. The topological polar surface area (TPSA) is 0 Å². The summed E-state index contributed by atoms with van der Waals surface area (Å²) in [6.07, 6.45) is 6.46. The molecule has 1 aliphatic carbocycles. The van der Waals surface area contributed by atoms with Gasteiger partial charge in [0.25, 0.3) is 0 Å². The molecule has 60 valence electrons. The summed E-state index contributed by atoms with van der Waals surface area (Å²) in [4.78, 5) is 0. The SMILES string of the molecule is CCC1(C)CCCC(Cl)C1. The lowest BCUT2D eigenvalue weighted by Crippen LogP contribution is -2.25. The van der Waals surface area contributed by atoms with Crippen LogP contribution in [0, 0.1) is 5.41 Å². The lowest BCUT2D eigenvalue weighted by Gasteiger charge is -2.35. The molecule has 1 heteroatoms. The number of alkyl halides is 1. The molecule has 0 saturated heterocycles. The monoisotopic (exact) mass is 160 g/mol. The first-order chi connectivity index (χ1) is 4.66. The first-order valence-electron chi connectivity index (χ1n) is 4.30. The minimum atomic E-state index is 0.457. The molecule has 2 atom stereocenters. The van der Waals surface area contributed by atoms with Gasteiger partial charge in [0.1, 0.15) is 0 Å². The molecule has 0 aromatic carbocycles. The number of hydrogen-bond acceptors (Lipinski definition) is 0. The Labute approximate surface area is 69.0 Å². The predicted octanol–water partition coefficient (Wildman–Crippen LogP) is 3.58. The van der Waals surface area contributed by atoms with Crippen molar-refractivity contribution in [3.63, 3.8) is 0 Å².